The van der Waals surface area contributed by atoms with Gasteiger partial charge in [-0.3, -0.25) is 9.59 Å². The van der Waals surface area contributed by atoms with Crippen LogP contribution in [-0.2, 0) is 30.7 Å². The number of rotatable bonds is 2. The van der Waals surface area contributed by atoms with E-state index in [2.05, 4.69) is 0 Å². The summed E-state index contributed by atoms with van der Waals surface area (Å²) in [4.78, 5) is 20.0. The third-order valence-corrected chi connectivity index (χ3v) is 0.813. The Hall–Kier alpha value is -0.312. The maximum absolute atomic E-state index is 9.98. The van der Waals surface area contributed by atoms with Gasteiger partial charge in [0.15, 0.2) is 11.6 Å². The van der Waals surface area contributed by atoms with Gasteiger partial charge in [-0.15, -0.1) is 36.3 Å². The fourth-order valence-corrected chi connectivity index (χ4v) is 0.572. The van der Waals surface area contributed by atoms with Crippen molar-refractivity contribution in [2.24, 2.45) is 0 Å². The van der Waals surface area contributed by atoms with E-state index in [0.717, 1.165) is 12.2 Å². The van der Waals surface area contributed by atoms with E-state index in [9.17, 15) is 19.8 Å². The summed E-state index contributed by atoms with van der Waals surface area (Å²) in [6.45, 7) is 5.39. The second-order valence-electron chi connectivity index (χ2n) is 2.73. The van der Waals surface area contributed by atoms with E-state index in [-0.39, 0.29) is 69.0 Å². The first kappa shape index (κ1) is 30.1. The fourth-order valence-electron chi connectivity index (χ4n) is 0.572. The van der Waals surface area contributed by atoms with Crippen molar-refractivity contribution in [1.29, 1.82) is 0 Å². The van der Waals surface area contributed by atoms with Crippen LogP contribution in [0.3, 0.4) is 0 Å². The Bertz CT molecular complexity index is 239. The van der Waals surface area contributed by atoms with Crippen molar-refractivity contribution in [3.63, 3.8) is 0 Å². The molecule has 0 aliphatic rings. The standard InChI is InChI=1S/2C5H8O2.2ClH.Pt/c2*1-4(6)3-5(2)7;;;/h2*3,6H,1-2H3;2*1H;/q;;;;+2/p-2/b2*4-3-;;;. The van der Waals surface area contributed by atoms with Gasteiger partial charge in [-0.2, -0.15) is 0 Å². The number of allylic oxidation sites excluding steroid dienone is 4. The van der Waals surface area contributed by atoms with Gasteiger partial charge in [0.2, 0.25) is 0 Å². The zero-order valence-electron chi connectivity index (χ0n) is 9.92. The molecule has 0 unspecified atom stereocenters. The molecule has 0 atom stereocenters. The van der Waals surface area contributed by atoms with Gasteiger partial charge in [-0.05, 0) is 26.0 Å². The van der Waals surface area contributed by atoms with Crippen LogP contribution in [0.15, 0.2) is 23.7 Å². The molecule has 7 heteroatoms. The summed E-state index contributed by atoms with van der Waals surface area (Å²) in [6, 6.07) is 0. The van der Waals surface area contributed by atoms with E-state index in [1.807, 2.05) is 0 Å². The SMILES string of the molecule is CC(=O)/C=C(/C)[O-].CC(=O)/C=C(/C)[O-].Cl.Cl.[Pt+2]. The van der Waals surface area contributed by atoms with E-state index in [1.165, 1.54) is 27.7 Å². The van der Waals surface area contributed by atoms with E-state index in [4.69, 9.17) is 0 Å². The van der Waals surface area contributed by atoms with Crippen molar-refractivity contribution >= 4 is 36.4 Å². The summed E-state index contributed by atoms with van der Waals surface area (Å²) in [6.07, 6.45) is 2.11. The second kappa shape index (κ2) is 18.1. The minimum Gasteiger partial charge on any atom is -0.876 e. The van der Waals surface area contributed by atoms with E-state index in [1.54, 1.807) is 0 Å². The zero-order chi connectivity index (χ0) is 11.7. The number of carbonyl (C=O) groups is 2. The van der Waals surface area contributed by atoms with Gasteiger partial charge in [-0.25, -0.2) is 0 Å². The predicted octanol–water partition coefficient (Wildman–Crippen LogP) is 0.520. The van der Waals surface area contributed by atoms with Crippen molar-refractivity contribution in [3.05, 3.63) is 23.7 Å². The first-order valence-electron chi connectivity index (χ1n) is 3.97. The number of hydrogen-bond donors (Lipinski definition) is 0. The molecule has 0 heterocycles. The van der Waals surface area contributed by atoms with Crippen LogP contribution in [0.25, 0.3) is 0 Å². The molecule has 17 heavy (non-hydrogen) atoms. The van der Waals surface area contributed by atoms with Crippen LogP contribution in [-0.4, -0.2) is 11.6 Å². The molecule has 0 radical (unpaired) electrons. The van der Waals surface area contributed by atoms with Crippen LogP contribution in [0.2, 0.25) is 0 Å². The molecule has 0 amide bonds. The molecule has 104 valence electrons. The fraction of sp³-hybridized carbons (Fsp3) is 0.400. The Morgan fingerprint density at radius 3 is 0.941 bits per heavy atom. The van der Waals surface area contributed by atoms with E-state index < -0.39 is 0 Å². The van der Waals surface area contributed by atoms with Crippen molar-refractivity contribution in [2.75, 3.05) is 0 Å². The molecule has 0 aliphatic carbocycles. The molecular formula is C10H16Cl2O4Pt. The van der Waals surface area contributed by atoms with Crippen LogP contribution in [0, 0.1) is 0 Å². The Labute approximate surface area is 128 Å². The molecule has 0 aliphatic heterocycles. The molecule has 0 aromatic rings. The molecule has 0 rings (SSSR count). The minimum atomic E-state index is -0.187. The van der Waals surface area contributed by atoms with Gasteiger partial charge in [-0.1, -0.05) is 13.8 Å². The largest absolute Gasteiger partial charge is 2.00 e. The molecule has 0 aromatic heterocycles. The van der Waals surface area contributed by atoms with Gasteiger partial charge in [0, 0.05) is 0 Å². The molecule has 0 bridgehead atoms. The van der Waals surface area contributed by atoms with Crippen molar-refractivity contribution in [1.82, 2.24) is 0 Å². The Balaban J connectivity index is -0.0000000480. The molecule has 4 nitrogen and oxygen atoms in total. The Kier molecular flexibility index (Phi) is 31.9. The maximum atomic E-state index is 9.98. The first-order chi connectivity index (χ1) is 6.25. The Morgan fingerprint density at radius 1 is 0.765 bits per heavy atom. The first-order valence-corrected chi connectivity index (χ1v) is 3.97. The summed E-state index contributed by atoms with van der Waals surface area (Å²) >= 11 is 0. The van der Waals surface area contributed by atoms with Crippen LogP contribution >= 0.6 is 24.8 Å². The number of hydrogen-bond acceptors (Lipinski definition) is 4. The van der Waals surface area contributed by atoms with Crippen LogP contribution in [0.4, 0.5) is 0 Å². The molecular weight excluding hydrogens is 450 g/mol. The average molecular weight is 466 g/mol. The monoisotopic (exact) mass is 465 g/mol. The molecule has 0 fully saturated rings. The minimum absolute atomic E-state index is 0. The van der Waals surface area contributed by atoms with Gasteiger partial charge >= 0.3 is 21.1 Å². The summed E-state index contributed by atoms with van der Waals surface area (Å²) in [5, 5.41) is 20.0. The van der Waals surface area contributed by atoms with E-state index in [0.29, 0.717) is 0 Å². The number of carbonyl (C=O) groups excluding carboxylic acids is 2. The predicted molar refractivity (Wildman–Crippen MR) is 63.4 cm³/mol. The maximum Gasteiger partial charge on any atom is 2.00 e. The smallest absolute Gasteiger partial charge is 0.876 e. The van der Waals surface area contributed by atoms with Crippen molar-refractivity contribution < 1.29 is 40.9 Å². The van der Waals surface area contributed by atoms with Crippen LogP contribution < -0.4 is 10.2 Å². The van der Waals surface area contributed by atoms with E-state index >= 15 is 0 Å². The average Bonchev–Trinajstić information content (AvgIpc) is 1.79. The summed E-state index contributed by atoms with van der Waals surface area (Å²) < 4.78 is 0. The molecule has 0 saturated heterocycles. The summed E-state index contributed by atoms with van der Waals surface area (Å²) in [5.41, 5.74) is 0. The van der Waals surface area contributed by atoms with Gasteiger partial charge in [0.1, 0.15) is 0 Å². The zero-order valence-corrected chi connectivity index (χ0v) is 13.8. The number of ketones is 2. The topological polar surface area (TPSA) is 80.3 Å². The molecule has 0 saturated carbocycles. The normalized spacial score (nSPS) is 9.41. The van der Waals surface area contributed by atoms with Gasteiger partial charge in [0.05, 0.1) is 0 Å². The second-order valence-corrected chi connectivity index (χ2v) is 2.73. The van der Waals surface area contributed by atoms with Gasteiger partial charge in [0.25, 0.3) is 0 Å². The molecule has 0 spiro atoms. The third-order valence-electron chi connectivity index (χ3n) is 0.813. The van der Waals surface area contributed by atoms with Crippen molar-refractivity contribution in [2.45, 2.75) is 27.7 Å². The van der Waals surface area contributed by atoms with Crippen molar-refractivity contribution in [3.8, 4) is 0 Å². The van der Waals surface area contributed by atoms with Gasteiger partial charge < -0.3 is 10.2 Å². The Morgan fingerprint density at radius 2 is 0.941 bits per heavy atom. The van der Waals surface area contributed by atoms with Crippen LogP contribution in [0.5, 0.6) is 0 Å². The third kappa shape index (κ3) is 49.7. The number of halogens is 2. The molecule has 0 N–H and O–H groups in total. The molecule has 0 aromatic carbocycles. The van der Waals surface area contributed by atoms with Crippen LogP contribution in [0.1, 0.15) is 27.7 Å². The summed E-state index contributed by atoms with van der Waals surface area (Å²) in [5.74, 6) is -0.750. The quantitative estimate of drug-likeness (QED) is 0.439. The summed E-state index contributed by atoms with van der Waals surface area (Å²) in [7, 11) is 0.